The monoisotopic (exact) mass is 332 g/mol. The molecule has 1 aliphatic heterocycles. The lowest BCUT2D eigenvalue weighted by Gasteiger charge is -2.26. The van der Waals surface area contributed by atoms with Crippen LogP contribution in [0, 0.1) is 0 Å². The molecule has 0 saturated heterocycles. The van der Waals surface area contributed by atoms with Gasteiger partial charge in [-0.3, -0.25) is 9.59 Å². The van der Waals surface area contributed by atoms with E-state index in [-0.39, 0.29) is 6.04 Å². The molecule has 0 aliphatic carbocycles. The molecule has 6 heteroatoms. The number of benzene rings is 1. The Morgan fingerprint density at radius 1 is 1.25 bits per heavy atom. The molecule has 1 aliphatic rings. The number of carbonyl (C=O) groups excluding carboxylic acids is 2. The fourth-order valence-electron chi connectivity index (χ4n) is 2.98. The second kappa shape index (κ2) is 8.15. The third kappa shape index (κ3) is 4.26. The van der Waals surface area contributed by atoms with Gasteiger partial charge in [0.15, 0.2) is 0 Å². The zero-order valence-electron chi connectivity index (χ0n) is 15.1. The summed E-state index contributed by atoms with van der Waals surface area (Å²) in [5.74, 6) is -1.14. The largest absolute Gasteiger partial charge is 0.374 e. The molecule has 0 radical (unpaired) electrons. The van der Waals surface area contributed by atoms with E-state index < -0.39 is 11.8 Å². The summed E-state index contributed by atoms with van der Waals surface area (Å²) in [5, 5.41) is 5.34. The van der Waals surface area contributed by atoms with E-state index in [1.165, 1.54) is 11.3 Å². The molecule has 0 bridgehead atoms. The van der Waals surface area contributed by atoms with Crippen LogP contribution in [0.2, 0.25) is 0 Å². The topological polar surface area (TPSA) is 64.7 Å². The van der Waals surface area contributed by atoms with Gasteiger partial charge in [0.1, 0.15) is 0 Å². The first-order valence-electron chi connectivity index (χ1n) is 8.50. The minimum absolute atomic E-state index is 0.0316. The summed E-state index contributed by atoms with van der Waals surface area (Å²) in [5.41, 5.74) is 3.77. The van der Waals surface area contributed by atoms with Gasteiger partial charge in [-0.25, -0.2) is 0 Å². The minimum Gasteiger partial charge on any atom is -0.374 e. The Bertz CT molecular complexity index is 601. The maximum atomic E-state index is 11.9. The first-order valence-corrected chi connectivity index (χ1v) is 8.50. The fraction of sp³-hybridized carbons (Fsp3) is 0.556. The van der Waals surface area contributed by atoms with Gasteiger partial charge < -0.3 is 20.4 Å². The molecule has 1 aromatic rings. The maximum absolute atomic E-state index is 11.9. The van der Waals surface area contributed by atoms with Crippen molar-refractivity contribution in [2.45, 2.75) is 25.8 Å². The highest BCUT2D eigenvalue weighted by Gasteiger charge is 2.21. The molecule has 0 aromatic heterocycles. The number of anilines is 1. The molecule has 2 N–H and O–H groups in total. The van der Waals surface area contributed by atoms with Crippen molar-refractivity contribution in [3.05, 3.63) is 29.3 Å². The van der Waals surface area contributed by atoms with Crippen LogP contribution in [0.1, 0.15) is 30.5 Å². The van der Waals surface area contributed by atoms with E-state index in [1.807, 2.05) is 21.0 Å². The maximum Gasteiger partial charge on any atom is 0.309 e. The molecule has 2 rings (SSSR count). The molecule has 1 aromatic carbocycles. The van der Waals surface area contributed by atoms with E-state index in [0.29, 0.717) is 13.1 Å². The van der Waals surface area contributed by atoms with Crippen molar-refractivity contribution in [2.75, 3.05) is 45.7 Å². The quantitative estimate of drug-likeness (QED) is 0.761. The van der Waals surface area contributed by atoms with Gasteiger partial charge in [0, 0.05) is 32.4 Å². The molecule has 2 amide bonds. The van der Waals surface area contributed by atoms with E-state index in [2.05, 4.69) is 45.7 Å². The van der Waals surface area contributed by atoms with E-state index in [4.69, 9.17) is 0 Å². The summed E-state index contributed by atoms with van der Waals surface area (Å²) in [7, 11) is 6.06. The molecule has 6 nitrogen and oxygen atoms in total. The average molecular weight is 332 g/mol. The van der Waals surface area contributed by atoms with Gasteiger partial charge in [-0.05, 0) is 44.1 Å². The normalized spacial score (nSPS) is 14.5. The smallest absolute Gasteiger partial charge is 0.309 e. The van der Waals surface area contributed by atoms with Crippen LogP contribution in [-0.4, -0.2) is 57.5 Å². The number of carbonyl (C=O) groups is 2. The minimum atomic E-state index is -0.573. The predicted octanol–water partition coefficient (Wildman–Crippen LogP) is 0.924. The lowest BCUT2D eigenvalue weighted by Crippen LogP contribution is -2.43. The summed E-state index contributed by atoms with van der Waals surface area (Å²) >= 11 is 0. The van der Waals surface area contributed by atoms with Crippen LogP contribution < -0.4 is 15.5 Å². The number of hydrogen-bond acceptors (Lipinski definition) is 4. The fourth-order valence-corrected chi connectivity index (χ4v) is 2.98. The zero-order chi connectivity index (χ0) is 17.7. The molecule has 24 heavy (non-hydrogen) atoms. The molecular weight excluding hydrogens is 304 g/mol. The zero-order valence-corrected chi connectivity index (χ0v) is 15.1. The summed E-state index contributed by atoms with van der Waals surface area (Å²) in [4.78, 5) is 27.9. The van der Waals surface area contributed by atoms with E-state index in [9.17, 15) is 9.59 Å². The molecule has 1 heterocycles. The number of nitrogens with one attached hydrogen (secondary N) is 2. The third-order valence-electron chi connectivity index (χ3n) is 4.44. The van der Waals surface area contributed by atoms with Crippen LogP contribution in [0.5, 0.6) is 0 Å². The van der Waals surface area contributed by atoms with Crippen LogP contribution in [0.15, 0.2) is 18.2 Å². The van der Waals surface area contributed by atoms with Crippen molar-refractivity contribution in [2.24, 2.45) is 0 Å². The number of nitrogens with zero attached hydrogens (tertiary/aromatic N) is 2. The second-order valence-corrected chi connectivity index (χ2v) is 6.51. The number of likely N-dealkylation sites (N-methyl/N-ethyl adjacent to an activating group) is 2. The summed E-state index contributed by atoms with van der Waals surface area (Å²) < 4.78 is 0. The van der Waals surface area contributed by atoms with Crippen LogP contribution in [-0.2, 0) is 16.0 Å². The third-order valence-corrected chi connectivity index (χ3v) is 4.44. The van der Waals surface area contributed by atoms with Crippen molar-refractivity contribution in [1.29, 1.82) is 0 Å². The standard InChI is InChI=1S/C18H28N4O2/c1-5-9-19-17(23)18(24)20-12-16(21(2)3)13-6-7-15-14(11-13)8-10-22(15)4/h6-7,11,16H,5,8-10,12H2,1-4H3,(H,19,23)(H,20,24)/t16-/m1/s1. The number of fused-ring (bicyclic) bond motifs is 1. The number of rotatable bonds is 6. The summed E-state index contributed by atoms with van der Waals surface area (Å²) in [6, 6.07) is 6.50. The Morgan fingerprint density at radius 3 is 2.62 bits per heavy atom. The van der Waals surface area contributed by atoms with Crippen molar-refractivity contribution in [1.82, 2.24) is 15.5 Å². The molecule has 132 valence electrons. The Labute approximate surface area is 144 Å². The van der Waals surface area contributed by atoms with Crippen molar-refractivity contribution in [3.8, 4) is 0 Å². The SMILES string of the molecule is CCCNC(=O)C(=O)NC[C@H](c1ccc2c(c1)CCN2C)N(C)C. The van der Waals surface area contributed by atoms with Gasteiger partial charge in [0.05, 0.1) is 6.04 Å². The van der Waals surface area contributed by atoms with Crippen LogP contribution in [0.4, 0.5) is 5.69 Å². The molecule has 0 unspecified atom stereocenters. The van der Waals surface area contributed by atoms with E-state index >= 15 is 0 Å². The van der Waals surface area contributed by atoms with Crippen LogP contribution in [0.3, 0.4) is 0 Å². The number of amides is 2. The lowest BCUT2D eigenvalue weighted by atomic mass is 10.0. The Balaban J connectivity index is 2.02. The van der Waals surface area contributed by atoms with Gasteiger partial charge in [-0.1, -0.05) is 19.1 Å². The van der Waals surface area contributed by atoms with Crippen molar-refractivity contribution in [3.63, 3.8) is 0 Å². The highest BCUT2D eigenvalue weighted by Crippen LogP contribution is 2.30. The molecule has 0 fully saturated rings. The Hall–Kier alpha value is -2.08. The predicted molar refractivity (Wildman–Crippen MR) is 96.2 cm³/mol. The molecule has 1 atom stereocenters. The molecular formula is C18H28N4O2. The van der Waals surface area contributed by atoms with Crippen molar-refractivity contribution < 1.29 is 9.59 Å². The average Bonchev–Trinajstić information content (AvgIpc) is 2.93. The van der Waals surface area contributed by atoms with Gasteiger partial charge >= 0.3 is 11.8 Å². The van der Waals surface area contributed by atoms with Gasteiger partial charge in [0.2, 0.25) is 0 Å². The van der Waals surface area contributed by atoms with Gasteiger partial charge in [0.25, 0.3) is 0 Å². The second-order valence-electron chi connectivity index (χ2n) is 6.51. The molecule has 0 saturated carbocycles. The first-order chi connectivity index (χ1) is 11.4. The summed E-state index contributed by atoms with van der Waals surface area (Å²) in [6.07, 6.45) is 1.86. The summed E-state index contributed by atoms with van der Waals surface area (Å²) in [6.45, 7) is 3.91. The van der Waals surface area contributed by atoms with Crippen LogP contribution in [0.25, 0.3) is 0 Å². The highest BCUT2D eigenvalue weighted by molar-refractivity contribution is 6.35. The Morgan fingerprint density at radius 2 is 1.96 bits per heavy atom. The van der Waals surface area contributed by atoms with Gasteiger partial charge in [-0.2, -0.15) is 0 Å². The van der Waals surface area contributed by atoms with Crippen molar-refractivity contribution >= 4 is 17.5 Å². The first kappa shape index (κ1) is 18.3. The van der Waals surface area contributed by atoms with E-state index in [0.717, 1.165) is 24.9 Å². The molecule has 0 spiro atoms. The highest BCUT2D eigenvalue weighted by atomic mass is 16.2. The Kier molecular flexibility index (Phi) is 6.20. The lowest BCUT2D eigenvalue weighted by molar-refractivity contribution is -0.139. The van der Waals surface area contributed by atoms with E-state index in [1.54, 1.807) is 0 Å². The van der Waals surface area contributed by atoms with Crippen LogP contribution >= 0.6 is 0 Å². The number of hydrogen-bond donors (Lipinski definition) is 2. The van der Waals surface area contributed by atoms with Gasteiger partial charge in [-0.15, -0.1) is 0 Å².